The van der Waals surface area contributed by atoms with Gasteiger partial charge in [-0.3, -0.25) is 14.5 Å². The summed E-state index contributed by atoms with van der Waals surface area (Å²) in [5.74, 6) is -0.150. The van der Waals surface area contributed by atoms with Gasteiger partial charge in [0, 0.05) is 11.3 Å². The number of aliphatic hydroxyl groups is 1. The van der Waals surface area contributed by atoms with E-state index in [2.05, 4.69) is 0 Å². The quantitative estimate of drug-likeness (QED) is 0.312. The molecule has 1 fully saturated rings. The van der Waals surface area contributed by atoms with E-state index in [0.717, 1.165) is 0 Å². The lowest BCUT2D eigenvalue weighted by molar-refractivity contribution is -0.132. The number of benzene rings is 3. The van der Waals surface area contributed by atoms with Crippen LogP contribution in [0.25, 0.3) is 5.76 Å². The molecule has 3 aromatic carbocycles. The topological polar surface area (TPSA) is 85.3 Å². The molecule has 0 aromatic heterocycles. The van der Waals surface area contributed by atoms with E-state index in [1.807, 2.05) is 6.92 Å². The number of amides is 1. The molecule has 0 saturated carbocycles. The van der Waals surface area contributed by atoms with Gasteiger partial charge >= 0.3 is 0 Å². The molecular weight excluding hydrogens is 434 g/mol. The number of methoxy groups -OCH3 is 2. The molecule has 0 bridgehead atoms. The normalized spacial score (nSPS) is 17.0. The van der Waals surface area contributed by atoms with Gasteiger partial charge < -0.3 is 19.3 Å². The third-order valence-corrected chi connectivity index (χ3v) is 5.64. The molecule has 174 valence electrons. The maximum absolute atomic E-state index is 13.3. The average Bonchev–Trinajstić information content (AvgIpc) is 3.14. The van der Waals surface area contributed by atoms with Crippen molar-refractivity contribution in [1.82, 2.24) is 0 Å². The summed E-state index contributed by atoms with van der Waals surface area (Å²) < 4.78 is 16.3. The SMILES string of the molecule is CCOc1ccc(N2C(=O)C(=O)C(=C(O)c3ccccc3)C2c2ccc(OC)c(OC)c2)cc1. The fraction of sp³-hybridized carbons (Fsp3) is 0.185. The van der Waals surface area contributed by atoms with Crippen LogP contribution in [0.15, 0.2) is 78.4 Å². The van der Waals surface area contributed by atoms with Crippen molar-refractivity contribution < 1.29 is 28.9 Å². The van der Waals surface area contributed by atoms with E-state index in [-0.39, 0.29) is 11.3 Å². The number of nitrogens with zero attached hydrogens (tertiary/aromatic N) is 1. The Morgan fingerprint density at radius 3 is 2.21 bits per heavy atom. The molecule has 4 rings (SSSR count). The minimum atomic E-state index is -0.877. The van der Waals surface area contributed by atoms with Crippen molar-refractivity contribution in [1.29, 1.82) is 0 Å². The lowest BCUT2D eigenvalue weighted by Crippen LogP contribution is -2.29. The molecule has 7 nitrogen and oxygen atoms in total. The standard InChI is InChI=1S/C27H25NO6/c1-4-34-20-13-11-19(12-14-20)28-24(18-10-15-21(32-2)22(16-18)33-3)23(26(30)27(28)31)25(29)17-8-6-5-7-9-17/h5-16,24,29H,4H2,1-3H3. The van der Waals surface area contributed by atoms with Crippen LogP contribution in [0, 0.1) is 0 Å². The fourth-order valence-corrected chi connectivity index (χ4v) is 4.06. The van der Waals surface area contributed by atoms with Crippen LogP contribution in [0.4, 0.5) is 5.69 Å². The first-order valence-electron chi connectivity index (χ1n) is 10.8. The van der Waals surface area contributed by atoms with Crippen LogP contribution in [-0.4, -0.2) is 37.6 Å². The van der Waals surface area contributed by atoms with Crippen LogP contribution in [0.1, 0.15) is 24.1 Å². The summed E-state index contributed by atoms with van der Waals surface area (Å²) in [7, 11) is 3.04. The number of ketones is 1. The van der Waals surface area contributed by atoms with Crippen LogP contribution >= 0.6 is 0 Å². The van der Waals surface area contributed by atoms with Gasteiger partial charge in [0.25, 0.3) is 11.7 Å². The summed E-state index contributed by atoms with van der Waals surface area (Å²) in [5, 5.41) is 11.2. The summed E-state index contributed by atoms with van der Waals surface area (Å²) in [6.45, 7) is 2.39. The maximum atomic E-state index is 13.3. The third-order valence-electron chi connectivity index (χ3n) is 5.64. The van der Waals surface area contributed by atoms with Crippen LogP contribution in [0.2, 0.25) is 0 Å². The Kier molecular flexibility index (Phi) is 6.54. The van der Waals surface area contributed by atoms with Gasteiger partial charge in [-0.25, -0.2) is 0 Å². The molecule has 1 saturated heterocycles. The van der Waals surface area contributed by atoms with E-state index < -0.39 is 17.7 Å². The summed E-state index contributed by atoms with van der Waals surface area (Å²) in [5.41, 5.74) is 1.52. The highest BCUT2D eigenvalue weighted by Crippen LogP contribution is 2.44. The second-order valence-corrected chi connectivity index (χ2v) is 7.58. The summed E-state index contributed by atoms with van der Waals surface area (Å²) in [6.07, 6.45) is 0. The smallest absolute Gasteiger partial charge is 0.300 e. The van der Waals surface area contributed by atoms with Crippen molar-refractivity contribution in [2.75, 3.05) is 25.7 Å². The molecule has 1 atom stereocenters. The van der Waals surface area contributed by atoms with Crippen molar-refractivity contribution >= 4 is 23.1 Å². The van der Waals surface area contributed by atoms with Crippen LogP contribution in [-0.2, 0) is 9.59 Å². The van der Waals surface area contributed by atoms with E-state index >= 15 is 0 Å². The molecule has 0 spiro atoms. The van der Waals surface area contributed by atoms with Gasteiger partial charge in [0.15, 0.2) is 11.5 Å². The zero-order valence-electron chi connectivity index (χ0n) is 19.1. The second kappa shape index (κ2) is 9.70. The molecule has 0 aliphatic carbocycles. The Bertz CT molecular complexity index is 1230. The number of aliphatic hydroxyl groups excluding tert-OH is 1. The van der Waals surface area contributed by atoms with Crippen LogP contribution in [0.5, 0.6) is 17.2 Å². The number of hydrogen-bond acceptors (Lipinski definition) is 6. The highest BCUT2D eigenvalue weighted by atomic mass is 16.5. The highest BCUT2D eigenvalue weighted by molar-refractivity contribution is 6.51. The first-order valence-corrected chi connectivity index (χ1v) is 10.8. The van der Waals surface area contributed by atoms with E-state index in [1.165, 1.54) is 19.1 Å². The average molecular weight is 459 g/mol. The van der Waals surface area contributed by atoms with Crippen molar-refractivity contribution in [3.05, 3.63) is 89.5 Å². The van der Waals surface area contributed by atoms with Gasteiger partial charge in [0.2, 0.25) is 0 Å². The van der Waals surface area contributed by atoms with E-state index in [4.69, 9.17) is 14.2 Å². The molecule has 0 radical (unpaired) electrons. The van der Waals surface area contributed by atoms with Crippen molar-refractivity contribution in [2.45, 2.75) is 13.0 Å². The molecule has 1 amide bonds. The zero-order valence-corrected chi connectivity index (χ0v) is 19.1. The Balaban J connectivity index is 1.92. The van der Waals surface area contributed by atoms with Crippen LogP contribution < -0.4 is 19.1 Å². The molecule has 1 N–H and O–H groups in total. The van der Waals surface area contributed by atoms with Crippen molar-refractivity contribution in [2.24, 2.45) is 0 Å². The molecule has 1 aliphatic heterocycles. The monoisotopic (exact) mass is 459 g/mol. The third kappa shape index (κ3) is 4.08. The van der Waals surface area contributed by atoms with Crippen LogP contribution in [0.3, 0.4) is 0 Å². The number of ether oxygens (including phenoxy) is 3. The van der Waals surface area contributed by atoms with E-state index in [9.17, 15) is 14.7 Å². The predicted molar refractivity (Wildman–Crippen MR) is 128 cm³/mol. The van der Waals surface area contributed by atoms with Crippen molar-refractivity contribution in [3.63, 3.8) is 0 Å². The summed E-state index contributed by atoms with van der Waals surface area (Å²) in [4.78, 5) is 27.9. The second-order valence-electron chi connectivity index (χ2n) is 7.58. The van der Waals surface area contributed by atoms with E-state index in [1.54, 1.807) is 72.8 Å². The number of anilines is 1. The number of carbonyl (C=O) groups excluding carboxylic acids is 2. The first kappa shape index (κ1) is 22.9. The van der Waals surface area contributed by atoms with Gasteiger partial charge in [-0.15, -0.1) is 0 Å². The van der Waals surface area contributed by atoms with E-state index in [0.29, 0.717) is 40.7 Å². The summed E-state index contributed by atoms with van der Waals surface area (Å²) >= 11 is 0. The van der Waals surface area contributed by atoms with Crippen molar-refractivity contribution in [3.8, 4) is 17.2 Å². The molecular formula is C27H25NO6. The number of carbonyl (C=O) groups is 2. The Labute approximate surface area is 197 Å². The number of Topliss-reactive ketones (excluding diaryl/α,β-unsaturated/α-hetero) is 1. The van der Waals surface area contributed by atoms with Gasteiger partial charge in [-0.1, -0.05) is 36.4 Å². The lowest BCUT2D eigenvalue weighted by atomic mass is 9.94. The van der Waals surface area contributed by atoms with Gasteiger partial charge in [0.1, 0.15) is 11.5 Å². The minimum absolute atomic E-state index is 0.00250. The van der Waals surface area contributed by atoms with Gasteiger partial charge in [-0.05, 0) is 48.9 Å². The fourth-order valence-electron chi connectivity index (χ4n) is 4.06. The van der Waals surface area contributed by atoms with Gasteiger partial charge in [0.05, 0.1) is 32.4 Å². The molecule has 1 unspecified atom stereocenters. The highest BCUT2D eigenvalue weighted by Gasteiger charge is 2.47. The molecule has 34 heavy (non-hydrogen) atoms. The Hall–Kier alpha value is -4.26. The zero-order chi connectivity index (χ0) is 24.2. The Morgan fingerprint density at radius 2 is 1.59 bits per heavy atom. The maximum Gasteiger partial charge on any atom is 0.300 e. The number of hydrogen-bond donors (Lipinski definition) is 1. The lowest BCUT2D eigenvalue weighted by Gasteiger charge is -2.26. The Morgan fingerprint density at radius 1 is 0.912 bits per heavy atom. The summed E-state index contributed by atoms with van der Waals surface area (Å²) in [6, 6.07) is 19.9. The largest absolute Gasteiger partial charge is 0.507 e. The predicted octanol–water partition coefficient (Wildman–Crippen LogP) is 4.73. The molecule has 3 aromatic rings. The van der Waals surface area contributed by atoms with Gasteiger partial charge in [-0.2, -0.15) is 0 Å². The first-order chi connectivity index (χ1) is 16.5. The minimum Gasteiger partial charge on any atom is -0.507 e. The molecule has 7 heteroatoms. The number of rotatable bonds is 7. The molecule has 1 heterocycles. The molecule has 1 aliphatic rings.